The van der Waals surface area contributed by atoms with Gasteiger partial charge in [-0.2, -0.15) is 10.1 Å². The first-order valence-electron chi connectivity index (χ1n) is 9.97. The van der Waals surface area contributed by atoms with Gasteiger partial charge >= 0.3 is 0 Å². The van der Waals surface area contributed by atoms with Gasteiger partial charge in [-0.3, -0.25) is 9.40 Å². The van der Waals surface area contributed by atoms with Crippen LogP contribution < -0.4 is 15.8 Å². The smallest absolute Gasteiger partial charge is 0.239 e. The molecule has 3 aromatic rings. The van der Waals surface area contributed by atoms with Gasteiger partial charge in [0.15, 0.2) is 11.8 Å². The van der Waals surface area contributed by atoms with Gasteiger partial charge in [0.05, 0.1) is 35.8 Å². The lowest BCUT2D eigenvalue weighted by atomic mass is 9.97. The van der Waals surface area contributed by atoms with Gasteiger partial charge < -0.3 is 16.4 Å². The lowest BCUT2D eigenvalue weighted by molar-refractivity contribution is 0.233. The molecule has 1 aromatic heterocycles. The molecular formula is C21H23N7O2S. The average Bonchev–Trinajstić information content (AvgIpc) is 3.22. The zero-order chi connectivity index (χ0) is 21.6. The summed E-state index contributed by atoms with van der Waals surface area (Å²) in [6.07, 6.45) is 1.66. The van der Waals surface area contributed by atoms with E-state index in [-0.39, 0.29) is 24.3 Å². The van der Waals surface area contributed by atoms with Crippen molar-refractivity contribution in [3.05, 3.63) is 77.5 Å². The highest BCUT2D eigenvalue weighted by Gasteiger charge is 2.39. The van der Waals surface area contributed by atoms with Gasteiger partial charge in [0, 0.05) is 0 Å². The van der Waals surface area contributed by atoms with Crippen molar-refractivity contribution in [1.29, 1.82) is 0 Å². The van der Waals surface area contributed by atoms with Crippen LogP contribution in [0.4, 0.5) is 11.5 Å². The van der Waals surface area contributed by atoms with Gasteiger partial charge in [-0.1, -0.05) is 48.5 Å². The van der Waals surface area contributed by atoms with E-state index in [1.54, 1.807) is 11.1 Å². The largest absolute Gasteiger partial charge is 0.369 e. The summed E-state index contributed by atoms with van der Waals surface area (Å²) < 4.78 is 28.4. The van der Waals surface area contributed by atoms with E-state index in [1.165, 1.54) is 4.31 Å². The van der Waals surface area contributed by atoms with Crippen molar-refractivity contribution in [2.24, 2.45) is 16.5 Å². The van der Waals surface area contributed by atoms with Crippen LogP contribution >= 0.6 is 0 Å². The lowest BCUT2D eigenvalue weighted by Gasteiger charge is -2.44. The highest BCUT2D eigenvalue weighted by molar-refractivity contribution is 7.92. The third-order valence-electron chi connectivity index (χ3n) is 5.77. The first kappa shape index (κ1) is 19.6. The van der Waals surface area contributed by atoms with Crippen molar-refractivity contribution in [3.63, 3.8) is 0 Å². The third-order valence-corrected chi connectivity index (χ3v) is 7.49. The second-order valence-electron chi connectivity index (χ2n) is 7.76. The number of guanidine groups is 1. The van der Waals surface area contributed by atoms with Crippen molar-refractivity contribution in [2.45, 2.75) is 24.4 Å². The van der Waals surface area contributed by atoms with Crippen LogP contribution in [0.25, 0.3) is 0 Å². The molecule has 160 valence electrons. The molecular weight excluding hydrogens is 414 g/mol. The Morgan fingerprint density at radius 3 is 2.65 bits per heavy atom. The summed E-state index contributed by atoms with van der Waals surface area (Å²) >= 11 is 0. The van der Waals surface area contributed by atoms with Crippen molar-refractivity contribution >= 4 is 27.5 Å². The van der Waals surface area contributed by atoms with E-state index in [0.717, 1.165) is 16.7 Å². The summed E-state index contributed by atoms with van der Waals surface area (Å²) in [6, 6.07) is 16.4. The van der Waals surface area contributed by atoms with Crippen LogP contribution in [0, 0.1) is 0 Å². The first-order chi connectivity index (χ1) is 14.9. The molecule has 0 saturated heterocycles. The van der Waals surface area contributed by atoms with E-state index >= 15 is 0 Å². The van der Waals surface area contributed by atoms with E-state index in [9.17, 15) is 8.42 Å². The van der Waals surface area contributed by atoms with Crippen molar-refractivity contribution in [3.8, 4) is 0 Å². The number of nitrogens with one attached hydrogen (secondary N) is 1. The molecule has 0 amide bonds. The molecule has 0 saturated carbocycles. The first-order valence-corrected chi connectivity index (χ1v) is 11.6. The lowest BCUT2D eigenvalue weighted by Crippen LogP contribution is -2.57. The van der Waals surface area contributed by atoms with Crippen LogP contribution in [-0.2, 0) is 22.2 Å². The maximum absolute atomic E-state index is 13.5. The minimum Gasteiger partial charge on any atom is -0.369 e. The normalized spacial score (nSPS) is 20.7. The number of fused-ring (bicyclic) bond motifs is 2. The number of benzene rings is 2. The molecule has 2 aliphatic heterocycles. The summed E-state index contributed by atoms with van der Waals surface area (Å²) in [5.74, 6) is 0.691. The predicted molar refractivity (Wildman–Crippen MR) is 119 cm³/mol. The number of para-hydroxylation sites is 1. The van der Waals surface area contributed by atoms with Crippen LogP contribution in [0.5, 0.6) is 0 Å². The van der Waals surface area contributed by atoms with Gasteiger partial charge in [0.25, 0.3) is 0 Å². The van der Waals surface area contributed by atoms with Gasteiger partial charge in [0.1, 0.15) is 6.17 Å². The average molecular weight is 438 g/mol. The molecule has 2 aromatic carbocycles. The molecule has 9 nitrogen and oxygen atoms in total. The number of aromatic amines is 1. The van der Waals surface area contributed by atoms with E-state index in [2.05, 4.69) is 15.2 Å². The summed E-state index contributed by atoms with van der Waals surface area (Å²) in [4.78, 5) is 6.17. The van der Waals surface area contributed by atoms with Crippen molar-refractivity contribution in [2.75, 3.05) is 10.8 Å². The Kier molecular flexibility index (Phi) is 4.67. The highest BCUT2D eigenvalue weighted by Crippen LogP contribution is 2.36. The molecule has 2 unspecified atom stereocenters. The Bertz CT molecular complexity index is 1240. The Balaban J connectivity index is 1.51. The van der Waals surface area contributed by atoms with Crippen molar-refractivity contribution in [1.82, 2.24) is 15.1 Å². The van der Waals surface area contributed by atoms with Crippen LogP contribution in [0.3, 0.4) is 0 Å². The third kappa shape index (κ3) is 3.43. The second-order valence-corrected chi connectivity index (χ2v) is 9.65. The van der Waals surface area contributed by atoms with E-state index in [0.29, 0.717) is 17.9 Å². The molecule has 10 heteroatoms. The number of aliphatic imine (C=N–C) groups is 1. The van der Waals surface area contributed by atoms with Gasteiger partial charge in [-0.25, -0.2) is 8.42 Å². The van der Waals surface area contributed by atoms with Crippen LogP contribution in [0.1, 0.15) is 22.9 Å². The molecule has 5 N–H and O–H groups in total. The fourth-order valence-corrected chi connectivity index (χ4v) is 5.97. The predicted octanol–water partition coefficient (Wildman–Crippen LogP) is 1.59. The standard InChI is InChI=1S/C21H23N7O2S/c22-19-17-11-24-26-20(17)25-21(23)28(19)16-10-15-8-4-5-9-18(15)27(12-16)31(29,30)13-14-6-2-1-3-7-14/h1-9,11,16,19H,10,12-13,22H2,(H3,23,24,25,26). The Morgan fingerprint density at radius 1 is 1.10 bits per heavy atom. The van der Waals surface area contributed by atoms with Gasteiger partial charge in [-0.15, -0.1) is 0 Å². The number of nitrogens with zero attached hydrogens (tertiary/aromatic N) is 4. The van der Waals surface area contributed by atoms with Crippen LogP contribution in [0.2, 0.25) is 0 Å². The number of hydrogen-bond donors (Lipinski definition) is 3. The second kappa shape index (κ2) is 7.40. The molecule has 0 radical (unpaired) electrons. The molecule has 0 fully saturated rings. The SMILES string of the molecule is NC1=Nc2[nH]ncc2C(N)N1C1Cc2ccccc2N(S(=O)(=O)Cc2ccccc2)C1. The monoisotopic (exact) mass is 437 g/mol. The Labute approximate surface area is 180 Å². The minimum atomic E-state index is -3.64. The minimum absolute atomic E-state index is 0.0869. The van der Waals surface area contributed by atoms with Gasteiger partial charge in [0.2, 0.25) is 10.0 Å². The van der Waals surface area contributed by atoms with E-state index in [4.69, 9.17) is 11.5 Å². The van der Waals surface area contributed by atoms with E-state index < -0.39 is 16.2 Å². The number of nitrogens with two attached hydrogens (primary N) is 2. The Morgan fingerprint density at radius 2 is 1.84 bits per heavy atom. The topological polar surface area (TPSA) is 134 Å². The zero-order valence-electron chi connectivity index (χ0n) is 16.7. The molecule has 0 aliphatic carbocycles. The highest BCUT2D eigenvalue weighted by atomic mass is 32.2. The number of sulfonamides is 1. The number of H-pyrrole nitrogens is 1. The number of aromatic nitrogens is 2. The fraction of sp³-hybridized carbons (Fsp3) is 0.238. The molecule has 0 bridgehead atoms. The molecule has 0 spiro atoms. The van der Waals surface area contributed by atoms with Crippen LogP contribution in [0.15, 0.2) is 65.8 Å². The molecule has 31 heavy (non-hydrogen) atoms. The van der Waals surface area contributed by atoms with Gasteiger partial charge in [-0.05, 0) is 23.6 Å². The molecule has 2 atom stereocenters. The summed E-state index contributed by atoms with van der Waals surface area (Å²) in [6.45, 7) is 0.225. The quantitative estimate of drug-likeness (QED) is 0.568. The molecule has 2 aliphatic rings. The molecule has 5 rings (SSSR count). The van der Waals surface area contributed by atoms with Crippen molar-refractivity contribution < 1.29 is 8.42 Å². The number of anilines is 1. The van der Waals surface area contributed by atoms with E-state index in [1.807, 2.05) is 54.6 Å². The Hall–Kier alpha value is -3.37. The summed E-state index contributed by atoms with van der Waals surface area (Å²) in [5.41, 5.74) is 15.8. The maximum Gasteiger partial charge on any atom is 0.239 e. The van der Waals surface area contributed by atoms with Crippen LogP contribution in [-0.4, -0.2) is 42.1 Å². The summed E-state index contributed by atoms with van der Waals surface area (Å²) in [5, 5.41) is 6.79. The fourth-order valence-electron chi connectivity index (χ4n) is 4.32. The maximum atomic E-state index is 13.5. The zero-order valence-corrected chi connectivity index (χ0v) is 17.5. The number of hydrogen-bond acceptors (Lipinski definition) is 7. The summed E-state index contributed by atoms with van der Waals surface area (Å²) in [7, 11) is -3.64. The molecule has 3 heterocycles. The number of rotatable bonds is 4.